The molecule has 2 aromatic carbocycles. The van der Waals surface area contributed by atoms with Crippen molar-refractivity contribution in [2.45, 2.75) is 32.4 Å². The molecule has 11 heteroatoms. The second kappa shape index (κ2) is 12.4. The Labute approximate surface area is 214 Å². The van der Waals surface area contributed by atoms with E-state index in [1.54, 1.807) is 19.1 Å². The molecular weight excluding hydrogens is 546 g/mol. The van der Waals surface area contributed by atoms with E-state index in [-0.39, 0.29) is 42.8 Å². The van der Waals surface area contributed by atoms with E-state index in [4.69, 9.17) is 16.3 Å². The van der Waals surface area contributed by atoms with Crippen molar-refractivity contribution in [3.05, 3.63) is 57.5 Å². The number of halogens is 2. The summed E-state index contributed by atoms with van der Waals surface area (Å²) in [6, 6.07) is 11.5. The van der Waals surface area contributed by atoms with E-state index in [2.05, 4.69) is 21.2 Å². The van der Waals surface area contributed by atoms with Crippen LogP contribution in [0.3, 0.4) is 0 Å². The largest absolute Gasteiger partial charge is 0.495 e. The monoisotopic (exact) mass is 573 g/mol. The van der Waals surface area contributed by atoms with Gasteiger partial charge in [0.25, 0.3) is 0 Å². The van der Waals surface area contributed by atoms with E-state index in [9.17, 15) is 18.0 Å². The molecule has 2 aromatic rings. The topological polar surface area (TPSA) is 96.0 Å². The average molecular weight is 575 g/mol. The van der Waals surface area contributed by atoms with Crippen molar-refractivity contribution in [2.75, 3.05) is 31.3 Å². The van der Waals surface area contributed by atoms with Gasteiger partial charge in [-0.1, -0.05) is 39.7 Å². The van der Waals surface area contributed by atoms with Crippen LogP contribution in [0.4, 0.5) is 5.69 Å². The van der Waals surface area contributed by atoms with E-state index >= 15 is 0 Å². The molecule has 0 radical (unpaired) electrons. The van der Waals surface area contributed by atoms with E-state index < -0.39 is 16.1 Å². The van der Waals surface area contributed by atoms with Gasteiger partial charge in [-0.05, 0) is 49.2 Å². The lowest BCUT2D eigenvalue weighted by Gasteiger charge is -2.29. The van der Waals surface area contributed by atoms with Crippen molar-refractivity contribution in [1.82, 2.24) is 10.2 Å². The van der Waals surface area contributed by atoms with Gasteiger partial charge in [0.05, 0.1) is 24.1 Å². The summed E-state index contributed by atoms with van der Waals surface area (Å²) in [5.74, 6) is -0.0999. The maximum Gasteiger partial charge on any atom is 0.242 e. The molecule has 0 aliphatic carbocycles. The minimum atomic E-state index is -3.62. The summed E-state index contributed by atoms with van der Waals surface area (Å²) in [4.78, 5) is 26.9. The molecule has 1 N–H and O–H groups in total. The van der Waals surface area contributed by atoms with Crippen molar-refractivity contribution >= 4 is 55.1 Å². The van der Waals surface area contributed by atoms with Crippen LogP contribution in [0.1, 0.15) is 25.3 Å². The first-order chi connectivity index (χ1) is 16.0. The van der Waals surface area contributed by atoms with Gasteiger partial charge in [-0.2, -0.15) is 0 Å². The minimum absolute atomic E-state index is 0.0633. The van der Waals surface area contributed by atoms with Gasteiger partial charge in [0.15, 0.2) is 0 Å². The highest BCUT2D eigenvalue weighted by Crippen LogP contribution is 2.30. The number of likely N-dealkylation sites (N-methyl/N-ethyl adjacent to an activating group) is 1. The number of anilines is 1. The van der Waals surface area contributed by atoms with Crippen molar-refractivity contribution < 1.29 is 22.7 Å². The van der Waals surface area contributed by atoms with Crippen molar-refractivity contribution in [3.63, 3.8) is 0 Å². The number of amides is 2. The van der Waals surface area contributed by atoms with Gasteiger partial charge in [-0.25, -0.2) is 8.42 Å². The highest BCUT2D eigenvalue weighted by atomic mass is 79.9. The molecule has 0 saturated carbocycles. The standard InChI is InChI=1S/C23H29BrClN3O5S/c1-16(23(30)26-2)27(15-17-7-9-18(24)10-8-17)22(29)6-5-13-28(34(4,31)32)19-11-12-21(33-3)20(25)14-19/h7-12,14,16H,5-6,13,15H2,1-4H3,(H,26,30)/t16-/m0/s1. The Kier molecular flexibility index (Phi) is 10.2. The molecule has 0 heterocycles. The van der Waals surface area contributed by atoms with Crippen LogP contribution in [0.5, 0.6) is 5.75 Å². The fourth-order valence-corrected chi connectivity index (χ4v) is 4.87. The number of rotatable bonds is 11. The molecule has 8 nitrogen and oxygen atoms in total. The summed E-state index contributed by atoms with van der Waals surface area (Å²) in [5.41, 5.74) is 1.25. The third-order valence-corrected chi connectivity index (χ3v) is 7.27. The van der Waals surface area contributed by atoms with Crippen molar-refractivity contribution in [3.8, 4) is 5.75 Å². The molecule has 2 rings (SSSR count). The number of benzene rings is 2. The zero-order valence-corrected chi connectivity index (χ0v) is 22.7. The second-order valence-electron chi connectivity index (χ2n) is 7.70. The van der Waals surface area contributed by atoms with Gasteiger partial charge in [-0.15, -0.1) is 0 Å². The Morgan fingerprint density at radius 2 is 1.82 bits per heavy atom. The van der Waals surface area contributed by atoms with Crippen molar-refractivity contribution in [1.29, 1.82) is 0 Å². The molecule has 34 heavy (non-hydrogen) atoms. The summed E-state index contributed by atoms with van der Waals surface area (Å²) < 4.78 is 32.1. The Morgan fingerprint density at radius 1 is 1.18 bits per heavy atom. The van der Waals surface area contributed by atoms with Crippen LogP contribution in [-0.4, -0.2) is 58.1 Å². The molecule has 0 fully saturated rings. The molecule has 1 atom stereocenters. The smallest absolute Gasteiger partial charge is 0.242 e. The fraction of sp³-hybridized carbons (Fsp3) is 0.391. The van der Waals surface area contributed by atoms with Gasteiger partial charge >= 0.3 is 0 Å². The first kappa shape index (κ1) is 27.9. The molecular formula is C23H29BrClN3O5S. The minimum Gasteiger partial charge on any atom is -0.495 e. The van der Waals surface area contributed by atoms with E-state index in [1.165, 1.54) is 29.4 Å². The highest BCUT2D eigenvalue weighted by molar-refractivity contribution is 9.10. The first-order valence-corrected chi connectivity index (χ1v) is 13.6. The number of sulfonamides is 1. The van der Waals surface area contributed by atoms with Gasteiger partial charge in [0, 0.05) is 31.0 Å². The van der Waals surface area contributed by atoms with Crippen LogP contribution in [0.15, 0.2) is 46.9 Å². The van der Waals surface area contributed by atoms with Crippen LogP contribution in [-0.2, 0) is 26.2 Å². The number of ether oxygens (including phenoxy) is 1. The average Bonchev–Trinajstić information content (AvgIpc) is 2.79. The molecule has 0 unspecified atom stereocenters. The summed E-state index contributed by atoms with van der Waals surface area (Å²) in [5, 5.41) is 2.86. The maximum atomic E-state index is 13.1. The normalized spacial score (nSPS) is 12.1. The number of carbonyl (C=O) groups excluding carboxylic acids is 2. The van der Waals surface area contributed by atoms with Gasteiger partial charge in [-0.3, -0.25) is 13.9 Å². The predicted molar refractivity (Wildman–Crippen MR) is 138 cm³/mol. The summed E-state index contributed by atoms with van der Waals surface area (Å²) in [6.45, 7) is 2.00. The number of carbonyl (C=O) groups is 2. The molecule has 0 bridgehead atoms. The zero-order valence-electron chi connectivity index (χ0n) is 19.5. The van der Waals surface area contributed by atoms with E-state index in [0.717, 1.165) is 16.3 Å². The maximum absolute atomic E-state index is 13.1. The van der Waals surface area contributed by atoms with Gasteiger partial charge < -0.3 is 15.0 Å². The highest BCUT2D eigenvalue weighted by Gasteiger charge is 2.26. The SMILES string of the molecule is CNC(=O)[C@H](C)N(Cc1ccc(Br)cc1)C(=O)CCCN(c1ccc(OC)c(Cl)c1)S(C)(=O)=O. The third kappa shape index (κ3) is 7.61. The fourth-order valence-electron chi connectivity index (χ4n) is 3.39. The lowest BCUT2D eigenvalue weighted by Crippen LogP contribution is -2.46. The zero-order chi connectivity index (χ0) is 25.5. The summed E-state index contributed by atoms with van der Waals surface area (Å²) >= 11 is 9.55. The molecule has 0 spiro atoms. The number of nitrogens with zero attached hydrogens (tertiary/aromatic N) is 2. The Hall–Kier alpha value is -2.30. The number of nitrogens with one attached hydrogen (secondary N) is 1. The second-order valence-corrected chi connectivity index (χ2v) is 10.9. The summed E-state index contributed by atoms with van der Waals surface area (Å²) in [7, 11) is -0.627. The lowest BCUT2D eigenvalue weighted by molar-refractivity contribution is -0.140. The Bertz CT molecular complexity index is 1110. The lowest BCUT2D eigenvalue weighted by atomic mass is 10.1. The molecule has 0 aromatic heterocycles. The number of hydrogen-bond acceptors (Lipinski definition) is 5. The number of methoxy groups -OCH3 is 1. The number of hydrogen-bond donors (Lipinski definition) is 1. The molecule has 0 aliphatic rings. The van der Waals surface area contributed by atoms with E-state index in [1.807, 2.05) is 24.3 Å². The summed E-state index contributed by atoms with van der Waals surface area (Å²) in [6.07, 6.45) is 1.42. The van der Waals surface area contributed by atoms with Crippen LogP contribution < -0.4 is 14.4 Å². The van der Waals surface area contributed by atoms with Crippen LogP contribution >= 0.6 is 27.5 Å². The van der Waals surface area contributed by atoms with Crippen molar-refractivity contribution in [2.24, 2.45) is 0 Å². The predicted octanol–water partition coefficient (Wildman–Crippen LogP) is 3.82. The molecule has 2 amide bonds. The van der Waals surface area contributed by atoms with Crippen LogP contribution in [0, 0.1) is 0 Å². The quantitative estimate of drug-likeness (QED) is 0.440. The first-order valence-electron chi connectivity index (χ1n) is 10.5. The molecule has 186 valence electrons. The molecule has 0 aliphatic heterocycles. The van der Waals surface area contributed by atoms with E-state index in [0.29, 0.717) is 11.4 Å². The molecule has 0 saturated heterocycles. The Balaban J connectivity index is 2.16. The van der Waals surface area contributed by atoms with Crippen LogP contribution in [0.2, 0.25) is 5.02 Å². The van der Waals surface area contributed by atoms with Gasteiger partial charge in [0.1, 0.15) is 11.8 Å². The Morgan fingerprint density at radius 3 is 2.35 bits per heavy atom. The van der Waals surface area contributed by atoms with Crippen LogP contribution in [0.25, 0.3) is 0 Å². The third-order valence-electron chi connectivity index (χ3n) is 5.26. The van der Waals surface area contributed by atoms with Gasteiger partial charge in [0.2, 0.25) is 21.8 Å².